The van der Waals surface area contributed by atoms with Crippen molar-refractivity contribution in [3.63, 3.8) is 0 Å². The minimum Gasteiger partial charge on any atom is -0.494 e. The zero-order valence-electron chi connectivity index (χ0n) is 13.5. The van der Waals surface area contributed by atoms with Gasteiger partial charge in [0.05, 0.1) is 6.61 Å². The van der Waals surface area contributed by atoms with Crippen molar-refractivity contribution in [3.8, 4) is 5.75 Å². The lowest BCUT2D eigenvalue weighted by Gasteiger charge is -2.33. The lowest BCUT2D eigenvalue weighted by atomic mass is 9.76. The maximum atomic E-state index is 5.86. The molecule has 0 amide bonds. The molecule has 3 heteroatoms. The summed E-state index contributed by atoms with van der Waals surface area (Å²) in [5.74, 6) is 8.37. The summed E-state index contributed by atoms with van der Waals surface area (Å²) in [6.07, 6.45) is 7.56. The van der Waals surface area contributed by atoms with Gasteiger partial charge in [-0.2, -0.15) is 0 Å². The Kier molecular flexibility index (Phi) is 6.52. The highest BCUT2D eigenvalue weighted by Gasteiger charge is 2.27. The Morgan fingerprint density at radius 1 is 1.24 bits per heavy atom. The van der Waals surface area contributed by atoms with E-state index < -0.39 is 0 Å². The summed E-state index contributed by atoms with van der Waals surface area (Å²) in [6.45, 7) is 5.20. The van der Waals surface area contributed by atoms with Gasteiger partial charge in [0, 0.05) is 6.04 Å². The summed E-state index contributed by atoms with van der Waals surface area (Å²) in [6, 6.07) is 8.65. The molecule has 0 radical (unpaired) electrons. The van der Waals surface area contributed by atoms with E-state index >= 15 is 0 Å². The lowest BCUT2D eigenvalue weighted by Crippen LogP contribution is -2.35. The van der Waals surface area contributed by atoms with Gasteiger partial charge in [-0.25, -0.2) is 0 Å². The molecule has 21 heavy (non-hydrogen) atoms. The summed E-state index contributed by atoms with van der Waals surface area (Å²) in [5.41, 5.74) is 4.30. The molecule has 0 bridgehead atoms. The highest BCUT2D eigenvalue weighted by Crippen LogP contribution is 2.38. The van der Waals surface area contributed by atoms with E-state index in [1.807, 2.05) is 6.07 Å². The topological polar surface area (TPSA) is 47.3 Å². The second-order valence-electron chi connectivity index (χ2n) is 6.25. The van der Waals surface area contributed by atoms with E-state index in [0.717, 1.165) is 24.7 Å². The van der Waals surface area contributed by atoms with Crippen molar-refractivity contribution >= 4 is 0 Å². The van der Waals surface area contributed by atoms with Crippen LogP contribution in [0, 0.1) is 11.8 Å². The van der Waals surface area contributed by atoms with E-state index in [0.29, 0.717) is 5.92 Å². The van der Waals surface area contributed by atoms with E-state index in [4.69, 9.17) is 10.6 Å². The first-order valence-electron chi connectivity index (χ1n) is 8.47. The highest BCUT2D eigenvalue weighted by molar-refractivity contribution is 5.31. The number of hydrogen-bond donors (Lipinski definition) is 2. The third kappa shape index (κ3) is 4.45. The van der Waals surface area contributed by atoms with Crippen molar-refractivity contribution in [2.45, 2.75) is 58.4 Å². The first-order valence-corrected chi connectivity index (χ1v) is 8.47. The van der Waals surface area contributed by atoms with Crippen LogP contribution >= 0.6 is 0 Å². The first kappa shape index (κ1) is 16.3. The Hall–Kier alpha value is -1.06. The summed E-state index contributed by atoms with van der Waals surface area (Å²) in [7, 11) is 0. The van der Waals surface area contributed by atoms with Crippen molar-refractivity contribution < 1.29 is 4.74 Å². The molecule has 1 saturated carbocycles. The van der Waals surface area contributed by atoms with E-state index in [9.17, 15) is 0 Å². The average molecular weight is 290 g/mol. The molecule has 1 aromatic rings. The number of hydrogen-bond acceptors (Lipinski definition) is 3. The fourth-order valence-corrected chi connectivity index (χ4v) is 3.45. The molecule has 2 rings (SSSR count). The Balaban J connectivity index is 2.03. The fraction of sp³-hybridized carbons (Fsp3) is 0.667. The van der Waals surface area contributed by atoms with Gasteiger partial charge in [-0.1, -0.05) is 45.2 Å². The molecule has 1 atom stereocenters. The zero-order chi connectivity index (χ0) is 15.1. The molecular formula is C18H30N2O. The van der Waals surface area contributed by atoms with Gasteiger partial charge in [-0.05, 0) is 48.8 Å². The van der Waals surface area contributed by atoms with E-state index in [-0.39, 0.29) is 6.04 Å². The molecule has 3 N–H and O–H groups in total. The van der Waals surface area contributed by atoms with Crippen LogP contribution in [-0.2, 0) is 0 Å². The monoisotopic (exact) mass is 290 g/mol. The van der Waals surface area contributed by atoms with E-state index in [2.05, 4.69) is 37.5 Å². The van der Waals surface area contributed by atoms with Gasteiger partial charge in [0.2, 0.25) is 0 Å². The molecule has 0 spiro atoms. The minimum absolute atomic E-state index is 0.244. The molecule has 1 fully saturated rings. The molecule has 0 aromatic heterocycles. The smallest absolute Gasteiger partial charge is 0.119 e. The van der Waals surface area contributed by atoms with Gasteiger partial charge in [0.15, 0.2) is 0 Å². The number of hydrazine groups is 1. The van der Waals surface area contributed by atoms with Gasteiger partial charge >= 0.3 is 0 Å². The third-order valence-electron chi connectivity index (χ3n) is 4.81. The predicted octanol–water partition coefficient (Wildman–Crippen LogP) is 4.20. The number of rotatable bonds is 7. The Morgan fingerprint density at radius 2 is 2.00 bits per heavy atom. The Morgan fingerprint density at radius 3 is 2.62 bits per heavy atom. The van der Waals surface area contributed by atoms with Crippen LogP contribution in [0.1, 0.15) is 64.0 Å². The molecule has 0 heterocycles. The molecule has 118 valence electrons. The van der Waals surface area contributed by atoms with Crippen molar-refractivity contribution in [1.82, 2.24) is 5.43 Å². The molecule has 1 unspecified atom stereocenters. The van der Waals surface area contributed by atoms with Crippen LogP contribution in [0.2, 0.25) is 0 Å². The SMILES string of the molecule is CCCOc1cccc(C(NN)C2CCC(CC)CC2)c1. The summed E-state index contributed by atoms with van der Waals surface area (Å²) in [4.78, 5) is 0. The minimum atomic E-state index is 0.244. The molecule has 1 aliphatic rings. The van der Waals surface area contributed by atoms with Gasteiger partial charge in [0.1, 0.15) is 5.75 Å². The van der Waals surface area contributed by atoms with Crippen molar-refractivity contribution in [1.29, 1.82) is 0 Å². The Bertz CT molecular complexity index is 413. The van der Waals surface area contributed by atoms with Crippen LogP contribution in [0.25, 0.3) is 0 Å². The number of benzene rings is 1. The Labute approximate surface area is 129 Å². The third-order valence-corrected chi connectivity index (χ3v) is 4.81. The second-order valence-corrected chi connectivity index (χ2v) is 6.25. The maximum absolute atomic E-state index is 5.86. The molecule has 0 saturated heterocycles. The zero-order valence-corrected chi connectivity index (χ0v) is 13.5. The van der Waals surface area contributed by atoms with Crippen LogP contribution < -0.4 is 16.0 Å². The van der Waals surface area contributed by atoms with Gasteiger partial charge in [-0.15, -0.1) is 0 Å². The number of ether oxygens (including phenoxy) is 1. The standard InChI is InChI=1S/C18H30N2O/c1-3-12-21-17-7-5-6-16(13-17)18(20-19)15-10-8-14(4-2)9-11-15/h5-7,13-15,18,20H,3-4,8-12,19H2,1-2H3. The van der Waals surface area contributed by atoms with Crippen LogP contribution in [-0.4, -0.2) is 6.61 Å². The summed E-state index contributed by atoms with van der Waals surface area (Å²) >= 11 is 0. The fourth-order valence-electron chi connectivity index (χ4n) is 3.45. The highest BCUT2D eigenvalue weighted by atomic mass is 16.5. The predicted molar refractivity (Wildman–Crippen MR) is 88.0 cm³/mol. The lowest BCUT2D eigenvalue weighted by molar-refractivity contribution is 0.219. The number of nitrogens with two attached hydrogens (primary N) is 1. The van der Waals surface area contributed by atoms with Crippen molar-refractivity contribution in [3.05, 3.63) is 29.8 Å². The van der Waals surface area contributed by atoms with Crippen molar-refractivity contribution in [2.24, 2.45) is 17.7 Å². The van der Waals surface area contributed by atoms with Gasteiger partial charge in [0.25, 0.3) is 0 Å². The first-order chi connectivity index (χ1) is 10.3. The van der Waals surface area contributed by atoms with Crippen LogP contribution in [0.5, 0.6) is 5.75 Å². The molecule has 1 aromatic carbocycles. The second kappa shape index (κ2) is 8.40. The van der Waals surface area contributed by atoms with Crippen LogP contribution in [0.4, 0.5) is 0 Å². The molecule has 3 nitrogen and oxygen atoms in total. The molecule has 1 aliphatic carbocycles. The normalized spacial score (nSPS) is 23.8. The average Bonchev–Trinajstić information content (AvgIpc) is 2.55. The van der Waals surface area contributed by atoms with Crippen molar-refractivity contribution in [2.75, 3.05) is 6.61 Å². The largest absolute Gasteiger partial charge is 0.494 e. The van der Waals surface area contributed by atoms with Crippen LogP contribution in [0.15, 0.2) is 24.3 Å². The maximum Gasteiger partial charge on any atom is 0.119 e. The summed E-state index contributed by atoms with van der Waals surface area (Å²) in [5, 5.41) is 0. The quantitative estimate of drug-likeness (QED) is 0.584. The van der Waals surface area contributed by atoms with E-state index in [1.54, 1.807) is 0 Å². The van der Waals surface area contributed by atoms with E-state index in [1.165, 1.54) is 37.7 Å². The summed E-state index contributed by atoms with van der Waals surface area (Å²) < 4.78 is 5.74. The van der Waals surface area contributed by atoms with Crippen LogP contribution in [0.3, 0.4) is 0 Å². The molecule has 0 aliphatic heterocycles. The van der Waals surface area contributed by atoms with Gasteiger partial charge < -0.3 is 4.74 Å². The van der Waals surface area contributed by atoms with Gasteiger partial charge in [-0.3, -0.25) is 11.3 Å². The molecular weight excluding hydrogens is 260 g/mol. The number of nitrogens with one attached hydrogen (secondary N) is 1.